The molecule has 26 heavy (non-hydrogen) atoms. The molecule has 1 fully saturated rings. The van der Waals surface area contributed by atoms with E-state index in [1.807, 2.05) is 6.07 Å². The summed E-state index contributed by atoms with van der Waals surface area (Å²) in [4.78, 5) is 19.5. The van der Waals surface area contributed by atoms with Gasteiger partial charge in [0.25, 0.3) is 5.91 Å². The van der Waals surface area contributed by atoms with Crippen LogP contribution in [0.5, 0.6) is 0 Å². The molecule has 2 N–H and O–H groups in total. The maximum Gasteiger partial charge on any atom is 0.267 e. The lowest BCUT2D eigenvalue weighted by Gasteiger charge is -2.34. The molecular formula is C19H18FN3O2S. The number of likely N-dealkylation sites (N-methyl/N-ethyl adjacent to an activating group) is 1. The molecule has 0 spiro atoms. The summed E-state index contributed by atoms with van der Waals surface area (Å²) in [5.74, 6) is -0.878. The van der Waals surface area contributed by atoms with Crippen molar-refractivity contribution in [3.8, 4) is 11.1 Å². The first-order chi connectivity index (χ1) is 12.5. The van der Waals surface area contributed by atoms with E-state index in [1.165, 1.54) is 12.1 Å². The number of nitrogens with two attached hydrogens (primary N) is 1. The summed E-state index contributed by atoms with van der Waals surface area (Å²) >= 11 is 1.63. The lowest BCUT2D eigenvalue weighted by Crippen LogP contribution is -2.46. The molecule has 0 atom stereocenters. The van der Waals surface area contributed by atoms with Crippen LogP contribution in [0.2, 0.25) is 0 Å². The Bertz CT molecular complexity index is 967. The van der Waals surface area contributed by atoms with Gasteiger partial charge >= 0.3 is 0 Å². The number of nitrogens with zero attached hydrogens (tertiary/aromatic N) is 2. The Balaban J connectivity index is 1.78. The third-order valence-electron chi connectivity index (χ3n) is 4.59. The molecule has 4 rings (SSSR count). The average molecular weight is 371 g/mol. The quantitative estimate of drug-likeness (QED) is 0.749. The zero-order valence-corrected chi connectivity index (χ0v) is 15.1. The zero-order valence-electron chi connectivity index (χ0n) is 14.2. The molecule has 3 aromatic rings. The molecule has 0 radical (unpaired) electrons. The molecule has 7 heteroatoms. The smallest absolute Gasteiger partial charge is 0.267 e. The van der Waals surface area contributed by atoms with Crippen molar-refractivity contribution in [2.24, 2.45) is 5.73 Å². The van der Waals surface area contributed by atoms with Crippen molar-refractivity contribution in [1.29, 1.82) is 0 Å². The van der Waals surface area contributed by atoms with Gasteiger partial charge in [-0.2, -0.15) is 0 Å². The number of carbonyl (C=O) groups excluding carboxylic acids is 1. The molecule has 2 aromatic heterocycles. The second-order valence-corrected chi connectivity index (χ2v) is 7.60. The fourth-order valence-corrected chi connectivity index (χ4v) is 4.17. The maximum atomic E-state index is 13.3. The third-order valence-corrected chi connectivity index (χ3v) is 5.73. The van der Waals surface area contributed by atoms with Gasteiger partial charge in [-0.3, -0.25) is 9.69 Å². The molecule has 1 aliphatic rings. The summed E-state index contributed by atoms with van der Waals surface area (Å²) in [6, 6.07) is 10.3. The monoisotopic (exact) mass is 371 g/mol. The van der Waals surface area contributed by atoms with Crippen molar-refractivity contribution in [2.75, 3.05) is 20.3 Å². The number of ether oxygens (including phenoxy) is 1. The van der Waals surface area contributed by atoms with E-state index < -0.39 is 5.91 Å². The van der Waals surface area contributed by atoms with Gasteiger partial charge < -0.3 is 10.5 Å². The van der Waals surface area contributed by atoms with Crippen molar-refractivity contribution in [3.63, 3.8) is 0 Å². The highest BCUT2D eigenvalue weighted by Gasteiger charge is 2.24. The van der Waals surface area contributed by atoms with E-state index in [-0.39, 0.29) is 11.5 Å². The topological polar surface area (TPSA) is 68.5 Å². The number of benzene rings is 1. The van der Waals surface area contributed by atoms with Gasteiger partial charge in [0.15, 0.2) is 0 Å². The van der Waals surface area contributed by atoms with Gasteiger partial charge in [0, 0.05) is 17.0 Å². The number of hydrogen-bond donors (Lipinski definition) is 1. The number of pyridine rings is 1. The van der Waals surface area contributed by atoms with E-state index in [0.717, 1.165) is 46.0 Å². The molecule has 1 aromatic carbocycles. The van der Waals surface area contributed by atoms with Crippen LogP contribution in [-0.4, -0.2) is 42.1 Å². The lowest BCUT2D eigenvalue weighted by atomic mass is 10.0. The van der Waals surface area contributed by atoms with Gasteiger partial charge in [-0.15, -0.1) is 11.3 Å². The van der Waals surface area contributed by atoms with Gasteiger partial charge in [-0.25, -0.2) is 9.37 Å². The number of hydrogen-bond acceptors (Lipinski definition) is 5. The van der Waals surface area contributed by atoms with Crippen LogP contribution in [-0.2, 0) is 11.3 Å². The van der Waals surface area contributed by atoms with Crippen molar-refractivity contribution in [3.05, 3.63) is 52.8 Å². The Morgan fingerprint density at radius 2 is 2.08 bits per heavy atom. The van der Waals surface area contributed by atoms with Gasteiger partial charge in [-0.05, 0) is 36.9 Å². The van der Waals surface area contributed by atoms with Crippen molar-refractivity contribution in [1.82, 2.24) is 9.88 Å². The van der Waals surface area contributed by atoms with E-state index in [2.05, 4.69) is 16.9 Å². The number of aromatic nitrogens is 1. The average Bonchev–Trinajstić information content (AvgIpc) is 2.95. The Labute approximate surface area is 154 Å². The van der Waals surface area contributed by atoms with Crippen LogP contribution in [0.1, 0.15) is 15.4 Å². The summed E-state index contributed by atoms with van der Waals surface area (Å²) in [6.07, 6.45) is 0. The molecule has 0 bridgehead atoms. The number of primary amides is 1. The van der Waals surface area contributed by atoms with Crippen LogP contribution >= 0.6 is 11.3 Å². The maximum absolute atomic E-state index is 13.3. The van der Waals surface area contributed by atoms with E-state index >= 15 is 0 Å². The van der Waals surface area contributed by atoms with Crippen LogP contribution in [0.3, 0.4) is 0 Å². The molecule has 0 saturated carbocycles. The molecule has 0 unspecified atom stereocenters. The number of halogens is 1. The molecule has 1 amide bonds. The van der Waals surface area contributed by atoms with Gasteiger partial charge in [0.1, 0.15) is 11.5 Å². The normalized spacial score (nSPS) is 14.7. The zero-order chi connectivity index (χ0) is 18.3. The van der Waals surface area contributed by atoms with Crippen LogP contribution in [0.15, 0.2) is 36.4 Å². The van der Waals surface area contributed by atoms with E-state index in [9.17, 15) is 9.18 Å². The minimum atomic E-state index is -0.577. The molecular weight excluding hydrogens is 353 g/mol. The van der Waals surface area contributed by atoms with Crippen LogP contribution in [0.4, 0.5) is 4.39 Å². The second-order valence-electron chi connectivity index (χ2n) is 6.46. The van der Waals surface area contributed by atoms with E-state index in [0.29, 0.717) is 6.04 Å². The molecule has 1 aliphatic heterocycles. The highest BCUT2D eigenvalue weighted by Crippen LogP contribution is 2.35. The minimum Gasteiger partial charge on any atom is -0.378 e. The molecule has 5 nitrogen and oxygen atoms in total. The van der Waals surface area contributed by atoms with Crippen LogP contribution in [0, 0.1) is 5.82 Å². The second kappa shape index (κ2) is 6.75. The largest absolute Gasteiger partial charge is 0.378 e. The molecule has 134 valence electrons. The first kappa shape index (κ1) is 17.1. The number of fused-ring (bicyclic) bond motifs is 1. The van der Waals surface area contributed by atoms with Crippen molar-refractivity contribution >= 4 is 27.5 Å². The Hall–Kier alpha value is -2.35. The standard InChI is InChI=1S/C19H18FN3O2S/c1-23(13-9-25-10-13)8-14-6-16-18(26-14)15(7-17(22-16)19(21)24)11-2-4-12(20)5-3-11/h2-7,13H,8-10H2,1H3,(H2,21,24). The summed E-state index contributed by atoms with van der Waals surface area (Å²) < 4.78 is 19.5. The number of thiophene rings is 1. The predicted molar refractivity (Wildman–Crippen MR) is 99.6 cm³/mol. The first-order valence-corrected chi connectivity index (χ1v) is 9.10. The van der Waals surface area contributed by atoms with Gasteiger partial charge in [0.05, 0.1) is 29.5 Å². The van der Waals surface area contributed by atoms with Gasteiger partial charge in [0.2, 0.25) is 0 Å². The molecule has 0 aliphatic carbocycles. The third kappa shape index (κ3) is 3.21. The highest BCUT2D eigenvalue weighted by molar-refractivity contribution is 7.19. The van der Waals surface area contributed by atoms with Gasteiger partial charge in [-0.1, -0.05) is 12.1 Å². The summed E-state index contributed by atoms with van der Waals surface area (Å²) in [5, 5.41) is 0. The summed E-state index contributed by atoms with van der Waals surface area (Å²) in [5.41, 5.74) is 8.07. The predicted octanol–water partition coefficient (Wildman–Crippen LogP) is 3.03. The van der Waals surface area contributed by atoms with Crippen LogP contribution < -0.4 is 5.73 Å². The number of carbonyl (C=O) groups is 1. The fraction of sp³-hybridized carbons (Fsp3) is 0.263. The van der Waals surface area contributed by atoms with E-state index in [4.69, 9.17) is 10.5 Å². The molecule has 1 saturated heterocycles. The van der Waals surface area contributed by atoms with Crippen molar-refractivity contribution in [2.45, 2.75) is 12.6 Å². The SMILES string of the molecule is CN(Cc1cc2nc(C(N)=O)cc(-c3ccc(F)cc3)c2s1)C1COC1. The van der Waals surface area contributed by atoms with Crippen LogP contribution in [0.25, 0.3) is 21.3 Å². The number of amides is 1. The Morgan fingerprint density at radius 3 is 2.69 bits per heavy atom. The first-order valence-electron chi connectivity index (χ1n) is 8.28. The summed E-state index contributed by atoms with van der Waals surface area (Å²) in [6.45, 7) is 2.29. The Morgan fingerprint density at radius 1 is 1.35 bits per heavy atom. The highest BCUT2D eigenvalue weighted by atomic mass is 32.1. The summed E-state index contributed by atoms with van der Waals surface area (Å²) in [7, 11) is 2.07. The minimum absolute atomic E-state index is 0.210. The fourth-order valence-electron chi connectivity index (χ4n) is 2.97. The number of rotatable bonds is 5. The Kier molecular flexibility index (Phi) is 4.44. The lowest BCUT2D eigenvalue weighted by molar-refractivity contribution is -0.0583. The van der Waals surface area contributed by atoms with E-state index in [1.54, 1.807) is 29.5 Å². The molecule has 3 heterocycles. The van der Waals surface area contributed by atoms with Crippen molar-refractivity contribution < 1.29 is 13.9 Å².